The van der Waals surface area contributed by atoms with Crippen molar-refractivity contribution in [3.63, 3.8) is 0 Å². The number of hydrogen-bond donors (Lipinski definition) is 0. The third-order valence-corrected chi connectivity index (χ3v) is 14.4. The Bertz CT molecular complexity index is 1300. The van der Waals surface area contributed by atoms with Crippen molar-refractivity contribution in [2.24, 2.45) is 44.8 Å². The summed E-state index contributed by atoms with van der Waals surface area (Å²) in [4.78, 5) is 0. The molecule has 2 aromatic rings. The fourth-order valence-electron chi connectivity index (χ4n) is 12.2. The van der Waals surface area contributed by atoms with Crippen LogP contribution in [0.1, 0.15) is 117 Å². The molecule has 41 heavy (non-hydrogen) atoms. The maximum absolute atomic E-state index is 6.78. The molecule has 4 fully saturated rings. The number of aryl methyl sites for hydroxylation is 2. The highest BCUT2D eigenvalue weighted by atomic mass is 15.4. The molecule has 221 valence electrons. The van der Waals surface area contributed by atoms with E-state index in [1.54, 1.807) is 0 Å². The number of fused-ring (bicyclic) bond motifs is 3. The summed E-state index contributed by atoms with van der Waals surface area (Å²) in [6.07, 6.45) is 22.4. The first-order valence-corrected chi connectivity index (χ1v) is 16.7. The van der Waals surface area contributed by atoms with Gasteiger partial charge in [-0.25, -0.2) is 0 Å². The van der Waals surface area contributed by atoms with Gasteiger partial charge in [0.15, 0.2) is 0 Å². The minimum Gasteiger partial charge on any atom is -0.252 e. The summed E-state index contributed by atoms with van der Waals surface area (Å²) in [6, 6.07) is 10.7. The second-order valence-corrected chi connectivity index (χ2v) is 15.9. The summed E-state index contributed by atoms with van der Waals surface area (Å²) in [5.41, 5.74) is 2.55. The number of benzene rings is 1. The molecule has 1 aromatic heterocycles. The topological polar surface area (TPSA) is 30.7 Å². The highest BCUT2D eigenvalue weighted by Crippen LogP contribution is 2.84. The fourth-order valence-corrected chi connectivity index (χ4v) is 12.2. The molecule has 0 amide bonds. The van der Waals surface area contributed by atoms with Gasteiger partial charge in [0.05, 0.1) is 11.6 Å². The molecule has 4 saturated carbocycles. The van der Waals surface area contributed by atoms with Crippen LogP contribution in [0.2, 0.25) is 0 Å². The van der Waals surface area contributed by atoms with Crippen LogP contribution in [0.4, 0.5) is 0 Å². The first kappa shape index (κ1) is 29.0. The zero-order valence-corrected chi connectivity index (χ0v) is 26.8. The van der Waals surface area contributed by atoms with Crippen LogP contribution in [-0.2, 0) is 18.4 Å². The average molecular weight is 553 g/mol. The minimum absolute atomic E-state index is 0.0138. The molecular weight excluding hydrogens is 498 g/mol. The molecular formula is C38H54N3. The molecule has 3 heteroatoms. The minimum atomic E-state index is -0.500. The third-order valence-electron chi connectivity index (χ3n) is 14.4. The molecule has 0 aliphatic heterocycles. The van der Waals surface area contributed by atoms with E-state index in [9.17, 15) is 0 Å². The van der Waals surface area contributed by atoms with Crippen molar-refractivity contribution in [2.75, 3.05) is 0 Å². The smallest absolute Gasteiger partial charge is 0.102 e. The van der Waals surface area contributed by atoms with E-state index in [0.29, 0.717) is 16.7 Å². The standard InChI is InChI=1S/C38H54N3/c1-9-36(8)37-24-20-30-34(6,28(3)4)21-15-22-35(30,7)31(37)19-23-33(5,27-37)38(36,10-2)32-26-41(40-39-32)25-14-18-29-16-12-11-13-17-29/h2,11-13,16-17,26,28,30-31H,8-9,14-15,18-25,27H2,1,3-7H3/t30?,31?,33-,34-,35+,36+,37-,38-/m0/s1. The van der Waals surface area contributed by atoms with E-state index in [0.717, 1.165) is 43.3 Å². The summed E-state index contributed by atoms with van der Waals surface area (Å²) in [7, 11) is 0. The van der Waals surface area contributed by atoms with Gasteiger partial charge in [-0.2, -0.15) is 0 Å². The van der Waals surface area contributed by atoms with Crippen LogP contribution in [0.3, 0.4) is 0 Å². The van der Waals surface area contributed by atoms with E-state index < -0.39 is 5.41 Å². The van der Waals surface area contributed by atoms with Crippen LogP contribution in [-0.4, -0.2) is 15.0 Å². The number of rotatable bonds is 7. The normalized spacial score (nSPS) is 43.4. The van der Waals surface area contributed by atoms with E-state index in [2.05, 4.69) is 88.7 Å². The van der Waals surface area contributed by atoms with Crippen LogP contribution >= 0.6 is 0 Å². The number of terminal acetylenes is 1. The predicted octanol–water partition coefficient (Wildman–Crippen LogP) is 9.08. The molecule has 1 heterocycles. The van der Waals surface area contributed by atoms with Crippen LogP contribution in [0.15, 0.2) is 36.5 Å². The Morgan fingerprint density at radius 2 is 1.78 bits per heavy atom. The summed E-state index contributed by atoms with van der Waals surface area (Å²) >= 11 is 0. The quantitative estimate of drug-likeness (QED) is 0.321. The molecule has 0 N–H and O–H groups in total. The van der Waals surface area contributed by atoms with E-state index in [1.165, 1.54) is 56.9 Å². The van der Waals surface area contributed by atoms with Crippen LogP contribution in [0.25, 0.3) is 0 Å². The van der Waals surface area contributed by atoms with Crippen molar-refractivity contribution in [1.82, 2.24) is 15.0 Å². The fraction of sp³-hybridized carbons (Fsp3) is 0.711. The molecule has 1 spiro atoms. The van der Waals surface area contributed by atoms with Crippen molar-refractivity contribution in [1.29, 1.82) is 0 Å². The largest absolute Gasteiger partial charge is 0.252 e. The molecule has 4 aliphatic carbocycles. The zero-order valence-electron chi connectivity index (χ0n) is 26.8. The lowest BCUT2D eigenvalue weighted by Gasteiger charge is -2.68. The lowest BCUT2D eigenvalue weighted by atomic mass is 9.36. The first-order chi connectivity index (χ1) is 19.5. The zero-order chi connectivity index (χ0) is 29.3. The van der Waals surface area contributed by atoms with Gasteiger partial charge >= 0.3 is 0 Å². The van der Waals surface area contributed by atoms with E-state index in [1.807, 2.05) is 0 Å². The maximum Gasteiger partial charge on any atom is 0.102 e. The monoisotopic (exact) mass is 552 g/mol. The van der Waals surface area contributed by atoms with Crippen LogP contribution < -0.4 is 0 Å². The Morgan fingerprint density at radius 1 is 1.05 bits per heavy atom. The Balaban J connectivity index is 1.37. The van der Waals surface area contributed by atoms with Gasteiger partial charge in [0.1, 0.15) is 5.69 Å². The highest BCUT2D eigenvalue weighted by molar-refractivity contribution is 5.45. The first-order valence-electron chi connectivity index (χ1n) is 16.7. The summed E-state index contributed by atoms with van der Waals surface area (Å²) in [5, 5.41) is 9.62. The van der Waals surface area contributed by atoms with Crippen molar-refractivity contribution in [3.8, 4) is 12.3 Å². The van der Waals surface area contributed by atoms with Gasteiger partial charge in [-0.1, -0.05) is 89.4 Å². The second kappa shape index (κ2) is 9.72. The summed E-state index contributed by atoms with van der Waals surface area (Å²) in [6.45, 7) is 21.3. The van der Waals surface area contributed by atoms with E-state index in [-0.39, 0.29) is 16.2 Å². The lowest BCUT2D eigenvalue weighted by molar-refractivity contribution is -0.187. The molecule has 8 atom stereocenters. The van der Waals surface area contributed by atoms with Gasteiger partial charge in [0.25, 0.3) is 0 Å². The second-order valence-electron chi connectivity index (χ2n) is 15.9. The Kier molecular flexibility index (Phi) is 6.88. The third kappa shape index (κ3) is 3.64. The molecule has 2 unspecified atom stereocenters. The van der Waals surface area contributed by atoms with E-state index >= 15 is 0 Å². The van der Waals surface area contributed by atoms with Gasteiger partial charge < -0.3 is 0 Å². The summed E-state index contributed by atoms with van der Waals surface area (Å²) < 4.78 is 2.06. The molecule has 6 rings (SSSR count). The summed E-state index contributed by atoms with van der Waals surface area (Å²) in [5.74, 6) is 5.69. The Morgan fingerprint density at radius 3 is 2.46 bits per heavy atom. The van der Waals surface area contributed by atoms with Crippen LogP contribution in [0, 0.1) is 64.1 Å². The molecule has 2 bridgehead atoms. The lowest BCUT2D eigenvalue weighted by Crippen LogP contribution is -2.61. The molecule has 1 radical (unpaired) electrons. The average Bonchev–Trinajstić information content (AvgIpc) is 3.45. The van der Waals surface area contributed by atoms with Crippen molar-refractivity contribution in [3.05, 3.63) is 54.7 Å². The molecule has 1 aromatic carbocycles. The predicted molar refractivity (Wildman–Crippen MR) is 169 cm³/mol. The molecule has 3 nitrogen and oxygen atoms in total. The van der Waals surface area contributed by atoms with Gasteiger partial charge in [0, 0.05) is 6.54 Å². The number of nitrogens with zero attached hydrogens (tertiary/aromatic N) is 3. The maximum atomic E-state index is 6.78. The highest BCUT2D eigenvalue weighted by Gasteiger charge is 2.80. The van der Waals surface area contributed by atoms with Crippen LogP contribution in [0.5, 0.6) is 0 Å². The van der Waals surface area contributed by atoms with Gasteiger partial charge in [-0.3, -0.25) is 4.68 Å². The van der Waals surface area contributed by atoms with Crippen molar-refractivity contribution >= 4 is 0 Å². The number of hydrogen-bond acceptors (Lipinski definition) is 2. The molecule has 4 aliphatic rings. The molecule has 0 saturated heterocycles. The van der Waals surface area contributed by atoms with Gasteiger partial charge in [0.2, 0.25) is 0 Å². The Labute approximate surface area is 250 Å². The van der Waals surface area contributed by atoms with Gasteiger partial charge in [-0.15, -0.1) is 11.5 Å². The Hall–Kier alpha value is -2.08. The van der Waals surface area contributed by atoms with Crippen molar-refractivity contribution in [2.45, 2.75) is 124 Å². The van der Waals surface area contributed by atoms with Crippen molar-refractivity contribution < 1.29 is 0 Å². The van der Waals surface area contributed by atoms with E-state index in [4.69, 9.17) is 23.7 Å². The van der Waals surface area contributed by atoms with Gasteiger partial charge in [-0.05, 0) is 122 Å². The SMILES string of the molecule is C#C[C@]1(c2cn(CCCc3ccccc3)nn2)[C@@]2(C)CCC3[C@]4(C)CCC[C@@](C)(C(C)C)C4CC[C@@]3(C2)[C@@]1([CH2])CC. The number of aromatic nitrogens is 3.